The lowest BCUT2D eigenvalue weighted by Crippen LogP contribution is -2.19. The van der Waals surface area contributed by atoms with Crippen LogP contribution >= 0.6 is 0 Å². The fourth-order valence-corrected chi connectivity index (χ4v) is 2.14. The highest BCUT2D eigenvalue weighted by Gasteiger charge is 2.48. The Morgan fingerprint density at radius 2 is 2.29 bits per heavy atom. The van der Waals surface area contributed by atoms with Crippen LogP contribution in [0.4, 0.5) is 5.69 Å². The zero-order valence-corrected chi connectivity index (χ0v) is 7.91. The van der Waals surface area contributed by atoms with Crippen molar-refractivity contribution >= 4 is 11.6 Å². The summed E-state index contributed by atoms with van der Waals surface area (Å²) in [5.74, 6) is 1.70. The van der Waals surface area contributed by atoms with Crippen molar-refractivity contribution in [3.63, 3.8) is 0 Å². The lowest BCUT2D eigenvalue weighted by atomic mass is 10.0. The van der Waals surface area contributed by atoms with Crippen LogP contribution in [0.2, 0.25) is 0 Å². The molecule has 3 nitrogen and oxygen atoms in total. The third-order valence-corrected chi connectivity index (χ3v) is 3.04. The molecule has 1 aromatic carbocycles. The van der Waals surface area contributed by atoms with Crippen LogP contribution in [0.3, 0.4) is 0 Å². The van der Waals surface area contributed by atoms with E-state index in [4.69, 9.17) is 4.74 Å². The van der Waals surface area contributed by atoms with Gasteiger partial charge in [0.2, 0.25) is 5.91 Å². The van der Waals surface area contributed by atoms with Crippen LogP contribution in [0, 0.1) is 5.92 Å². The number of methoxy groups -OCH3 is 1. The zero-order valence-electron chi connectivity index (χ0n) is 7.91. The standard InChI is InChI=1S/C11H11NO2/c1-14-6-2-3-10-8(4-6)7-5-9(7)11(13)12-10/h2-4,7,9H,5H2,1H3,(H,12,13). The maximum atomic E-state index is 11.4. The lowest BCUT2D eigenvalue weighted by Gasteiger charge is -2.16. The quantitative estimate of drug-likeness (QED) is 0.730. The predicted molar refractivity (Wildman–Crippen MR) is 52.5 cm³/mol. The second-order valence-corrected chi connectivity index (χ2v) is 3.89. The highest BCUT2D eigenvalue weighted by molar-refractivity contribution is 5.99. The molecule has 0 aromatic heterocycles. The molecule has 1 aliphatic heterocycles. The molecule has 1 aromatic rings. The zero-order chi connectivity index (χ0) is 9.71. The molecule has 2 atom stereocenters. The maximum absolute atomic E-state index is 11.4. The summed E-state index contributed by atoms with van der Waals surface area (Å²) in [5.41, 5.74) is 2.18. The van der Waals surface area contributed by atoms with Crippen molar-refractivity contribution in [2.75, 3.05) is 12.4 Å². The molecular formula is C11H11NO2. The summed E-state index contributed by atoms with van der Waals surface area (Å²) < 4.78 is 5.16. The number of amides is 1. The van der Waals surface area contributed by atoms with Crippen molar-refractivity contribution in [3.8, 4) is 5.75 Å². The molecule has 0 radical (unpaired) electrons. The largest absolute Gasteiger partial charge is 0.497 e. The van der Waals surface area contributed by atoms with Crippen molar-refractivity contribution in [3.05, 3.63) is 23.8 Å². The number of carbonyl (C=O) groups is 1. The van der Waals surface area contributed by atoms with Crippen LogP contribution in [0.15, 0.2) is 18.2 Å². The Morgan fingerprint density at radius 1 is 1.43 bits per heavy atom. The minimum atomic E-state index is 0.174. The monoisotopic (exact) mass is 189 g/mol. The molecular weight excluding hydrogens is 178 g/mol. The van der Waals surface area contributed by atoms with Gasteiger partial charge in [-0.15, -0.1) is 0 Å². The normalized spacial score (nSPS) is 27.4. The van der Waals surface area contributed by atoms with Crippen LogP contribution in [0.5, 0.6) is 5.75 Å². The van der Waals surface area contributed by atoms with E-state index in [1.807, 2.05) is 18.2 Å². The van der Waals surface area contributed by atoms with E-state index in [2.05, 4.69) is 5.32 Å². The Labute approximate surface area is 82.1 Å². The highest BCUT2D eigenvalue weighted by Crippen LogP contribution is 2.53. The minimum Gasteiger partial charge on any atom is -0.497 e. The molecule has 0 spiro atoms. The van der Waals surface area contributed by atoms with E-state index in [1.165, 1.54) is 5.56 Å². The molecule has 1 saturated carbocycles. The smallest absolute Gasteiger partial charge is 0.228 e. The molecule has 0 bridgehead atoms. The number of hydrogen-bond acceptors (Lipinski definition) is 2. The van der Waals surface area contributed by atoms with Gasteiger partial charge in [0.05, 0.1) is 7.11 Å². The minimum absolute atomic E-state index is 0.174. The molecule has 14 heavy (non-hydrogen) atoms. The number of ether oxygens (including phenoxy) is 1. The van der Waals surface area contributed by atoms with Crippen LogP contribution < -0.4 is 10.1 Å². The van der Waals surface area contributed by atoms with Crippen LogP contribution in [0.1, 0.15) is 17.9 Å². The predicted octanol–water partition coefficient (Wildman–Crippen LogP) is 1.75. The van der Waals surface area contributed by atoms with Gasteiger partial charge < -0.3 is 10.1 Å². The first kappa shape index (κ1) is 7.85. The van der Waals surface area contributed by atoms with Gasteiger partial charge in [-0.1, -0.05) is 0 Å². The molecule has 2 aliphatic rings. The Morgan fingerprint density at radius 3 is 3.07 bits per heavy atom. The first-order chi connectivity index (χ1) is 6.79. The second-order valence-electron chi connectivity index (χ2n) is 3.89. The molecule has 3 rings (SSSR count). The first-order valence-electron chi connectivity index (χ1n) is 4.78. The summed E-state index contributed by atoms with van der Waals surface area (Å²) in [7, 11) is 1.66. The molecule has 1 N–H and O–H groups in total. The molecule has 0 saturated heterocycles. The molecule has 1 amide bonds. The average Bonchev–Trinajstić information content (AvgIpc) is 2.98. The Bertz CT molecular complexity index is 414. The third-order valence-electron chi connectivity index (χ3n) is 3.04. The number of carbonyl (C=O) groups excluding carboxylic acids is 1. The fourth-order valence-electron chi connectivity index (χ4n) is 2.14. The van der Waals surface area contributed by atoms with E-state index in [1.54, 1.807) is 7.11 Å². The van der Waals surface area contributed by atoms with Gasteiger partial charge in [0.25, 0.3) is 0 Å². The summed E-state index contributed by atoms with van der Waals surface area (Å²) in [4.78, 5) is 11.4. The van der Waals surface area contributed by atoms with E-state index in [9.17, 15) is 4.79 Å². The molecule has 1 fully saturated rings. The van der Waals surface area contributed by atoms with Crippen LogP contribution in [-0.2, 0) is 4.79 Å². The Hall–Kier alpha value is -1.51. The van der Waals surface area contributed by atoms with Crippen molar-refractivity contribution in [1.82, 2.24) is 0 Å². The van der Waals surface area contributed by atoms with Crippen molar-refractivity contribution < 1.29 is 9.53 Å². The molecule has 3 heteroatoms. The molecule has 72 valence electrons. The van der Waals surface area contributed by atoms with Gasteiger partial charge in [0.15, 0.2) is 0 Å². The van der Waals surface area contributed by atoms with Gasteiger partial charge in [0, 0.05) is 11.6 Å². The van der Waals surface area contributed by atoms with E-state index >= 15 is 0 Å². The SMILES string of the molecule is COc1ccc2c(c1)C1CC1C(=O)N2. The fraction of sp³-hybridized carbons (Fsp3) is 0.364. The number of fused-ring (bicyclic) bond motifs is 3. The summed E-state index contributed by atoms with van der Waals surface area (Å²) in [6, 6.07) is 5.82. The number of anilines is 1. The molecule has 1 aliphatic carbocycles. The van der Waals surface area contributed by atoms with Crippen molar-refractivity contribution in [1.29, 1.82) is 0 Å². The topological polar surface area (TPSA) is 38.3 Å². The van der Waals surface area contributed by atoms with Crippen molar-refractivity contribution in [2.45, 2.75) is 12.3 Å². The van der Waals surface area contributed by atoms with Gasteiger partial charge >= 0.3 is 0 Å². The number of benzene rings is 1. The summed E-state index contributed by atoms with van der Waals surface area (Å²) in [6.07, 6.45) is 0.992. The number of rotatable bonds is 1. The van der Waals surface area contributed by atoms with Crippen molar-refractivity contribution in [2.24, 2.45) is 5.92 Å². The van der Waals surface area contributed by atoms with Crippen LogP contribution in [0.25, 0.3) is 0 Å². The third kappa shape index (κ3) is 0.953. The highest BCUT2D eigenvalue weighted by atomic mass is 16.5. The second kappa shape index (κ2) is 2.50. The van der Waals surface area contributed by atoms with Gasteiger partial charge in [-0.05, 0) is 36.1 Å². The van der Waals surface area contributed by atoms with Crippen LogP contribution in [-0.4, -0.2) is 13.0 Å². The van der Waals surface area contributed by atoms with Gasteiger partial charge in [0.1, 0.15) is 5.75 Å². The van der Waals surface area contributed by atoms with E-state index < -0.39 is 0 Å². The first-order valence-corrected chi connectivity index (χ1v) is 4.78. The summed E-state index contributed by atoms with van der Waals surface area (Å²) in [5, 5.41) is 2.91. The lowest BCUT2D eigenvalue weighted by molar-refractivity contribution is -0.117. The van der Waals surface area contributed by atoms with Gasteiger partial charge in [-0.3, -0.25) is 4.79 Å². The maximum Gasteiger partial charge on any atom is 0.228 e. The van der Waals surface area contributed by atoms with Gasteiger partial charge in [-0.25, -0.2) is 0 Å². The van der Waals surface area contributed by atoms with Gasteiger partial charge in [-0.2, -0.15) is 0 Å². The summed E-state index contributed by atoms with van der Waals surface area (Å²) >= 11 is 0. The Balaban J connectivity index is 2.08. The van der Waals surface area contributed by atoms with E-state index in [0.717, 1.165) is 17.9 Å². The average molecular weight is 189 g/mol. The molecule has 1 heterocycles. The number of nitrogens with one attached hydrogen (secondary N) is 1. The molecule has 2 unspecified atom stereocenters. The van der Waals surface area contributed by atoms with E-state index in [0.29, 0.717) is 5.92 Å². The Kier molecular flexibility index (Phi) is 1.40. The van der Waals surface area contributed by atoms with E-state index in [-0.39, 0.29) is 11.8 Å². The number of hydrogen-bond donors (Lipinski definition) is 1. The summed E-state index contributed by atoms with van der Waals surface area (Å²) in [6.45, 7) is 0.